The summed E-state index contributed by atoms with van der Waals surface area (Å²) >= 11 is 0. The zero-order valence-corrected chi connectivity index (χ0v) is 10.9. The molecule has 0 radical (unpaired) electrons. The second kappa shape index (κ2) is 5.53. The highest BCUT2D eigenvalue weighted by Gasteiger charge is 2.07. The van der Waals surface area contributed by atoms with Gasteiger partial charge in [-0.1, -0.05) is 0 Å². The van der Waals surface area contributed by atoms with Crippen LogP contribution in [0.1, 0.15) is 18.5 Å². The van der Waals surface area contributed by atoms with Crippen molar-refractivity contribution in [1.29, 1.82) is 0 Å². The van der Waals surface area contributed by atoms with E-state index in [0.29, 0.717) is 0 Å². The largest absolute Gasteiger partial charge is 0.469 e. The van der Waals surface area contributed by atoms with Crippen molar-refractivity contribution < 1.29 is 4.42 Å². The summed E-state index contributed by atoms with van der Waals surface area (Å²) in [6, 6.07) is 6.01. The van der Waals surface area contributed by atoms with Crippen LogP contribution in [0.4, 0.5) is 11.6 Å². The number of hydrogen-bond acceptors (Lipinski definition) is 5. The van der Waals surface area contributed by atoms with Crippen molar-refractivity contribution in [2.24, 2.45) is 0 Å². The van der Waals surface area contributed by atoms with Crippen LogP contribution in [0, 0.1) is 6.92 Å². The van der Waals surface area contributed by atoms with Gasteiger partial charge in [-0.3, -0.25) is 0 Å². The molecule has 0 bridgehead atoms. The van der Waals surface area contributed by atoms with Gasteiger partial charge in [-0.25, -0.2) is 9.97 Å². The average molecular weight is 246 g/mol. The van der Waals surface area contributed by atoms with Gasteiger partial charge < -0.3 is 15.1 Å². The minimum Gasteiger partial charge on any atom is -0.469 e. The number of hydrogen-bond donors (Lipinski definition) is 2. The van der Waals surface area contributed by atoms with Gasteiger partial charge in [0.05, 0.1) is 6.26 Å². The van der Waals surface area contributed by atoms with Crippen molar-refractivity contribution in [3.63, 3.8) is 0 Å². The van der Waals surface area contributed by atoms with Crippen LogP contribution >= 0.6 is 0 Å². The Morgan fingerprint density at radius 1 is 1.33 bits per heavy atom. The van der Waals surface area contributed by atoms with Gasteiger partial charge in [0.15, 0.2) is 0 Å². The summed E-state index contributed by atoms with van der Waals surface area (Å²) in [5.74, 6) is 3.35. The lowest BCUT2D eigenvalue weighted by molar-refractivity contribution is 0.497. The molecule has 18 heavy (non-hydrogen) atoms. The van der Waals surface area contributed by atoms with Crippen molar-refractivity contribution in [2.45, 2.75) is 26.3 Å². The molecule has 0 fully saturated rings. The molecule has 0 aliphatic heterocycles. The fourth-order valence-electron chi connectivity index (χ4n) is 1.80. The van der Waals surface area contributed by atoms with E-state index in [2.05, 4.69) is 27.5 Å². The monoisotopic (exact) mass is 246 g/mol. The zero-order valence-electron chi connectivity index (χ0n) is 10.9. The lowest BCUT2D eigenvalue weighted by atomic mass is 10.2. The maximum atomic E-state index is 5.33. The van der Waals surface area contributed by atoms with Gasteiger partial charge in [-0.2, -0.15) is 0 Å². The van der Waals surface area contributed by atoms with Gasteiger partial charge in [0.1, 0.15) is 23.2 Å². The zero-order chi connectivity index (χ0) is 13.0. The van der Waals surface area contributed by atoms with Crippen LogP contribution in [-0.4, -0.2) is 23.1 Å². The summed E-state index contributed by atoms with van der Waals surface area (Å²) in [6.45, 7) is 3.97. The van der Waals surface area contributed by atoms with Crippen LogP contribution in [0.25, 0.3) is 0 Å². The molecule has 1 atom stereocenters. The number of aryl methyl sites for hydroxylation is 1. The summed E-state index contributed by atoms with van der Waals surface area (Å²) in [5.41, 5.74) is 0. The fraction of sp³-hybridized carbons (Fsp3) is 0.385. The van der Waals surface area contributed by atoms with Crippen LogP contribution in [0.15, 0.2) is 28.9 Å². The van der Waals surface area contributed by atoms with E-state index in [1.165, 1.54) is 0 Å². The highest BCUT2D eigenvalue weighted by Crippen LogP contribution is 2.13. The molecule has 2 N–H and O–H groups in total. The maximum Gasteiger partial charge on any atom is 0.132 e. The third-order valence-electron chi connectivity index (χ3n) is 2.58. The Balaban J connectivity index is 2.02. The number of furan rings is 1. The first kappa shape index (κ1) is 12.4. The molecule has 5 nitrogen and oxygen atoms in total. The molecule has 96 valence electrons. The molecule has 2 aromatic heterocycles. The van der Waals surface area contributed by atoms with E-state index in [1.807, 2.05) is 32.2 Å². The smallest absolute Gasteiger partial charge is 0.132 e. The molecule has 0 amide bonds. The van der Waals surface area contributed by atoms with Gasteiger partial charge in [-0.15, -0.1) is 0 Å². The van der Waals surface area contributed by atoms with Crippen LogP contribution in [0.2, 0.25) is 0 Å². The van der Waals surface area contributed by atoms with Crippen LogP contribution in [0.5, 0.6) is 0 Å². The van der Waals surface area contributed by atoms with Crippen LogP contribution < -0.4 is 10.6 Å². The summed E-state index contributed by atoms with van der Waals surface area (Å²) in [4.78, 5) is 8.61. The minimum absolute atomic E-state index is 0.246. The Morgan fingerprint density at radius 2 is 2.11 bits per heavy atom. The maximum absolute atomic E-state index is 5.33. The van der Waals surface area contributed by atoms with Crippen molar-refractivity contribution in [1.82, 2.24) is 9.97 Å². The summed E-state index contributed by atoms with van der Waals surface area (Å²) < 4.78 is 5.33. The second-order valence-corrected chi connectivity index (χ2v) is 4.26. The highest BCUT2D eigenvalue weighted by molar-refractivity contribution is 5.47. The van der Waals surface area contributed by atoms with Crippen molar-refractivity contribution in [2.75, 3.05) is 17.7 Å². The first-order valence-corrected chi connectivity index (χ1v) is 5.99. The summed E-state index contributed by atoms with van der Waals surface area (Å²) in [6.07, 6.45) is 2.51. The predicted octanol–water partition coefficient (Wildman–Crippen LogP) is 2.46. The SMILES string of the molecule is CNc1cc(NC(C)Cc2ccco2)nc(C)n1. The van der Waals surface area contributed by atoms with E-state index in [-0.39, 0.29) is 6.04 Å². The summed E-state index contributed by atoms with van der Waals surface area (Å²) in [7, 11) is 1.85. The molecule has 0 aliphatic carbocycles. The van der Waals surface area contributed by atoms with Crippen molar-refractivity contribution in [3.05, 3.63) is 36.0 Å². The molecule has 0 spiro atoms. The predicted molar refractivity (Wildman–Crippen MR) is 71.8 cm³/mol. The highest BCUT2D eigenvalue weighted by atomic mass is 16.3. The number of nitrogens with zero attached hydrogens (tertiary/aromatic N) is 2. The van der Waals surface area contributed by atoms with Gasteiger partial charge in [0.25, 0.3) is 0 Å². The molecule has 2 rings (SSSR count). The van der Waals surface area contributed by atoms with E-state index in [0.717, 1.165) is 29.6 Å². The van der Waals surface area contributed by atoms with E-state index < -0.39 is 0 Å². The van der Waals surface area contributed by atoms with Gasteiger partial charge in [0.2, 0.25) is 0 Å². The molecular weight excluding hydrogens is 228 g/mol. The Bertz CT molecular complexity index is 496. The Hall–Kier alpha value is -2.04. The first-order valence-electron chi connectivity index (χ1n) is 5.99. The lowest BCUT2D eigenvalue weighted by Crippen LogP contribution is -2.19. The van der Waals surface area contributed by atoms with Gasteiger partial charge in [-0.05, 0) is 26.0 Å². The average Bonchev–Trinajstić information content (AvgIpc) is 2.80. The fourth-order valence-corrected chi connectivity index (χ4v) is 1.80. The molecule has 2 aromatic rings. The number of rotatable bonds is 5. The first-order chi connectivity index (χ1) is 8.67. The van der Waals surface area contributed by atoms with Gasteiger partial charge >= 0.3 is 0 Å². The Kier molecular flexibility index (Phi) is 3.82. The van der Waals surface area contributed by atoms with Crippen molar-refractivity contribution in [3.8, 4) is 0 Å². The molecule has 1 unspecified atom stereocenters. The topological polar surface area (TPSA) is 63.0 Å². The lowest BCUT2D eigenvalue weighted by Gasteiger charge is -2.14. The minimum atomic E-state index is 0.246. The quantitative estimate of drug-likeness (QED) is 0.848. The molecular formula is C13H18N4O. The number of nitrogens with one attached hydrogen (secondary N) is 2. The van der Waals surface area contributed by atoms with E-state index in [9.17, 15) is 0 Å². The van der Waals surface area contributed by atoms with E-state index in [1.54, 1.807) is 6.26 Å². The third-order valence-corrected chi connectivity index (χ3v) is 2.58. The molecule has 0 saturated heterocycles. The number of anilines is 2. The third kappa shape index (κ3) is 3.23. The Morgan fingerprint density at radius 3 is 2.78 bits per heavy atom. The number of aromatic nitrogens is 2. The molecule has 0 aromatic carbocycles. The van der Waals surface area contributed by atoms with Gasteiger partial charge in [0, 0.05) is 25.6 Å². The molecule has 5 heteroatoms. The van der Waals surface area contributed by atoms with E-state index in [4.69, 9.17) is 4.42 Å². The van der Waals surface area contributed by atoms with Crippen molar-refractivity contribution >= 4 is 11.6 Å². The summed E-state index contributed by atoms with van der Waals surface area (Å²) in [5, 5.41) is 6.36. The van der Waals surface area contributed by atoms with Crippen LogP contribution in [0.3, 0.4) is 0 Å². The Labute approximate surface area is 107 Å². The normalized spacial score (nSPS) is 12.2. The van der Waals surface area contributed by atoms with Crippen LogP contribution in [-0.2, 0) is 6.42 Å². The van der Waals surface area contributed by atoms with E-state index >= 15 is 0 Å². The molecule has 0 saturated carbocycles. The standard InChI is InChI=1S/C13H18N4O/c1-9(7-11-5-4-6-18-11)15-13-8-12(14-3)16-10(2)17-13/h4-6,8-9H,7H2,1-3H3,(H2,14,15,16,17). The molecule has 2 heterocycles. The molecule has 0 aliphatic rings. The second-order valence-electron chi connectivity index (χ2n) is 4.26.